The van der Waals surface area contributed by atoms with Crippen LogP contribution >= 0.6 is 0 Å². The highest BCUT2D eigenvalue weighted by Crippen LogP contribution is 2.23. The molecule has 0 saturated heterocycles. The van der Waals surface area contributed by atoms with Gasteiger partial charge in [0.2, 0.25) is 15.9 Å². The lowest BCUT2D eigenvalue weighted by molar-refractivity contribution is -0.114. The van der Waals surface area contributed by atoms with Crippen molar-refractivity contribution in [2.75, 3.05) is 30.3 Å². The Balaban J connectivity index is 2.13. The molecule has 8 heteroatoms. The number of sulfonamides is 1. The third-order valence-electron chi connectivity index (χ3n) is 4.10. The van der Waals surface area contributed by atoms with Crippen molar-refractivity contribution in [2.45, 2.75) is 25.7 Å². The molecule has 2 aromatic carbocycles. The number of hydrogen-bond donors (Lipinski definition) is 2. The van der Waals surface area contributed by atoms with E-state index in [2.05, 4.69) is 10.6 Å². The minimum absolute atomic E-state index is 0.0735. The molecule has 2 N–H and O–H groups in total. The van der Waals surface area contributed by atoms with Crippen LogP contribution in [0, 0.1) is 12.7 Å². The van der Waals surface area contributed by atoms with Crippen molar-refractivity contribution in [3.8, 4) is 0 Å². The lowest BCUT2D eigenvalue weighted by atomic mass is 10.2. The summed E-state index contributed by atoms with van der Waals surface area (Å²) in [6, 6.07) is 10.4. The molecule has 2 aromatic rings. The smallest absolute Gasteiger partial charge is 0.243 e. The highest BCUT2D eigenvalue weighted by Gasteiger charge is 2.22. The topological polar surface area (TPSA) is 78.5 Å². The second-order valence-corrected chi connectivity index (χ2v) is 7.92. The first-order valence-corrected chi connectivity index (χ1v) is 10.1. The molecule has 27 heavy (non-hydrogen) atoms. The SMILES string of the molecule is CCN(CC)S(=O)(=O)c1ccc(C)c(NC(=O)CNc2cccc(F)c2)c1. The van der Waals surface area contributed by atoms with Crippen molar-refractivity contribution in [3.05, 3.63) is 53.8 Å². The van der Waals surface area contributed by atoms with E-state index in [1.807, 2.05) is 0 Å². The second kappa shape index (κ2) is 8.96. The van der Waals surface area contributed by atoms with E-state index in [9.17, 15) is 17.6 Å². The molecule has 0 aromatic heterocycles. The van der Waals surface area contributed by atoms with Gasteiger partial charge in [-0.15, -0.1) is 0 Å². The normalized spacial score (nSPS) is 11.4. The van der Waals surface area contributed by atoms with Gasteiger partial charge in [-0.05, 0) is 42.8 Å². The Kier molecular flexibility index (Phi) is 6.92. The zero-order chi connectivity index (χ0) is 20.0. The molecule has 6 nitrogen and oxygen atoms in total. The Morgan fingerprint density at radius 1 is 1.11 bits per heavy atom. The van der Waals surface area contributed by atoms with Gasteiger partial charge in [0, 0.05) is 24.5 Å². The van der Waals surface area contributed by atoms with Gasteiger partial charge >= 0.3 is 0 Å². The molecule has 2 rings (SSSR count). The summed E-state index contributed by atoms with van der Waals surface area (Å²) >= 11 is 0. The monoisotopic (exact) mass is 393 g/mol. The van der Waals surface area contributed by atoms with Gasteiger partial charge < -0.3 is 10.6 Å². The third kappa shape index (κ3) is 5.27. The Labute approximate surface area is 159 Å². The van der Waals surface area contributed by atoms with E-state index < -0.39 is 15.8 Å². The zero-order valence-electron chi connectivity index (χ0n) is 15.6. The van der Waals surface area contributed by atoms with Crippen LogP contribution in [0.25, 0.3) is 0 Å². The van der Waals surface area contributed by atoms with Gasteiger partial charge in [-0.1, -0.05) is 26.0 Å². The van der Waals surface area contributed by atoms with Crippen molar-refractivity contribution in [1.29, 1.82) is 0 Å². The van der Waals surface area contributed by atoms with Gasteiger partial charge in [0.25, 0.3) is 0 Å². The van der Waals surface area contributed by atoms with Gasteiger partial charge in [0.1, 0.15) is 5.82 Å². The Morgan fingerprint density at radius 2 is 1.81 bits per heavy atom. The number of carbonyl (C=O) groups is 1. The molecule has 0 spiro atoms. The molecule has 0 aliphatic carbocycles. The molecule has 0 saturated carbocycles. The number of halogens is 1. The number of nitrogens with one attached hydrogen (secondary N) is 2. The number of benzene rings is 2. The Bertz CT molecular complexity index is 912. The number of hydrogen-bond acceptors (Lipinski definition) is 4. The lowest BCUT2D eigenvalue weighted by Crippen LogP contribution is -2.30. The molecule has 0 radical (unpaired) electrons. The van der Waals surface area contributed by atoms with Crippen molar-refractivity contribution < 1.29 is 17.6 Å². The van der Waals surface area contributed by atoms with Gasteiger partial charge in [-0.2, -0.15) is 4.31 Å². The second-order valence-electron chi connectivity index (χ2n) is 5.98. The van der Waals surface area contributed by atoms with E-state index in [1.165, 1.54) is 28.6 Å². The van der Waals surface area contributed by atoms with Crippen LogP contribution in [-0.2, 0) is 14.8 Å². The van der Waals surface area contributed by atoms with Crippen molar-refractivity contribution >= 4 is 27.3 Å². The van der Waals surface area contributed by atoms with E-state index >= 15 is 0 Å². The van der Waals surface area contributed by atoms with Crippen molar-refractivity contribution in [1.82, 2.24) is 4.31 Å². The fourth-order valence-electron chi connectivity index (χ4n) is 2.58. The van der Waals surface area contributed by atoms with E-state index in [0.717, 1.165) is 5.56 Å². The summed E-state index contributed by atoms with van der Waals surface area (Å²) in [7, 11) is -3.61. The number of amides is 1. The molecule has 0 bridgehead atoms. The van der Waals surface area contributed by atoms with E-state index in [-0.39, 0.29) is 17.3 Å². The third-order valence-corrected chi connectivity index (χ3v) is 6.15. The predicted octanol–water partition coefficient (Wildman–Crippen LogP) is 3.22. The van der Waals surface area contributed by atoms with Crippen molar-refractivity contribution in [3.63, 3.8) is 0 Å². The van der Waals surface area contributed by atoms with Gasteiger partial charge in [0.05, 0.1) is 11.4 Å². The predicted molar refractivity (Wildman–Crippen MR) is 105 cm³/mol. The van der Waals surface area contributed by atoms with Crippen LogP contribution in [0.1, 0.15) is 19.4 Å². The highest BCUT2D eigenvalue weighted by molar-refractivity contribution is 7.89. The average molecular weight is 393 g/mol. The first kappa shape index (κ1) is 20.9. The standard InChI is InChI=1S/C19H24FN3O3S/c1-4-23(5-2)27(25,26)17-10-9-14(3)18(12-17)22-19(24)13-21-16-8-6-7-15(20)11-16/h6-12,21H,4-5,13H2,1-3H3,(H,22,24). The molecule has 0 heterocycles. The van der Waals surface area contributed by atoms with Crippen LogP contribution in [0.4, 0.5) is 15.8 Å². The molecule has 0 fully saturated rings. The molecule has 0 unspecified atom stereocenters. The Morgan fingerprint density at radius 3 is 2.44 bits per heavy atom. The number of aryl methyl sites for hydroxylation is 1. The summed E-state index contributed by atoms with van der Waals surface area (Å²) in [6.45, 7) is 5.99. The summed E-state index contributed by atoms with van der Waals surface area (Å²) in [5, 5.41) is 5.53. The molecule has 0 atom stereocenters. The largest absolute Gasteiger partial charge is 0.376 e. The molecular formula is C19H24FN3O3S. The quantitative estimate of drug-likeness (QED) is 0.722. The maximum Gasteiger partial charge on any atom is 0.243 e. The summed E-state index contributed by atoms with van der Waals surface area (Å²) in [6.07, 6.45) is 0. The number of rotatable bonds is 8. The van der Waals surface area contributed by atoms with Crippen LogP contribution in [0.5, 0.6) is 0 Å². The maximum absolute atomic E-state index is 13.2. The minimum Gasteiger partial charge on any atom is -0.376 e. The highest BCUT2D eigenvalue weighted by atomic mass is 32.2. The van der Waals surface area contributed by atoms with Crippen LogP contribution in [0.15, 0.2) is 47.4 Å². The fourth-order valence-corrected chi connectivity index (χ4v) is 4.07. The molecule has 0 aliphatic heterocycles. The molecular weight excluding hydrogens is 369 g/mol. The summed E-state index contributed by atoms with van der Waals surface area (Å²) in [5.41, 5.74) is 1.65. The summed E-state index contributed by atoms with van der Waals surface area (Å²) in [5.74, 6) is -0.759. The van der Waals surface area contributed by atoms with E-state index in [1.54, 1.807) is 39.0 Å². The van der Waals surface area contributed by atoms with E-state index in [0.29, 0.717) is 24.5 Å². The van der Waals surface area contributed by atoms with Crippen LogP contribution in [0.3, 0.4) is 0 Å². The molecule has 1 amide bonds. The number of anilines is 2. The fraction of sp³-hybridized carbons (Fsp3) is 0.316. The first-order valence-electron chi connectivity index (χ1n) is 8.68. The van der Waals surface area contributed by atoms with Crippen LogP contribution in [-0.4, -0.2) is 38.3 Å². The lowest BCUT2D eigenvalue weighted by Gasteiger charge is -2.19. The first-order chi connectivity index (χ1) is 12.8. The number of nitrogens with zero attached hydrogens (tertiary/aromatic N) is 1. The van der Waals surface area contributed by atoms with Crippen molar-refractivity contribution in [2.24, 2.45) is 0 Å². The maximum atomic E-state index is 13.2. The van der Waals surface area contributed by atoms with E-state index in [4.69, 9.17) is 0 Å². The minimum atomic E-state index is -3.61. The van der Waals surface area contributed by atoms with Gasteiger partial charge in [0.15, 0.2) is 0 Å². The van der Waals surface area contributed by atoms with Gasteiger partial charge in [-0.25, -0.2) is 12.8 Å². The van der Waals surface area contributed by atoms with Crippen LogP contribution in [0.2, 0.25) is 0 Å². The molecule has 146 valence electrons. The summed E-state index contributed by atoms with van der Waals surface area (Å²) in [4.78, 5) is 12.3. The van der Waals surface area contributed by atoms with Gasteiger partial charge in [-0.3, -0.25) is 4.79 Å². The summed E-state index contributed by atoms with van der Waals surface area (Å²) < 4.78 is 39.8. The average Bonchev–Trinajstić information content (AvgIpc) is 2.62. The molecule has 0 aliphatic rings. The Hall–Kier alpha value is -2.45. The zero-order valence-corrected chi connectivity index (χ0v) is 16.4. The number of carbonyl (C=O) groups excluding carboxylic acids is 1. The van der Waals surface area contributed by atoms with Crippen LogP contribution < -0.4 is 10.6 Å².